The van der Waals surface area contributed by atoms with Gasteiger partial charge in [0, 0.05) is 18.1 Å². The summed E-state index contributed by atoms with van der Waals surface area (Å²) < 4.78 is 0. The van der Waals surface area contributed by atoms with Crippen molar-refractivity contribution in [2.45, 2.75) is 32.2 Å². The van der Waals surface area contributed by atoms with Gasteiger partial charge in [0.25, 0.3) is 0 Å². The number of aromatic nitrogens is 1. The van der Waals surface area contributed by atoms with Crippen LogP contribution >= 0.6 is 11.3 Å². The zero-order valence-electron chi connectivity index (χ0n) is 7.83. The molecule has 1 saturated carbocycles. The van der Waals surface area contributed by atoms with E-state index in [-0.39, 0.29) is 0 Å². The highest BCUT2D eigenvalue weighted by Crippen LogP contribution is 2.33. The largest absolute Gasteiger partial charge is 0.310 e. The highest BCUT2D eigenvalue weighted by molar-refractivity contribution is 7.09. The fourth-order valence-corrected chi connectivity index (χ4v) is 2.04. The van der Waals surface area contributed by atoms with E-state index in [9.17, 15) is 0 Å². The van der Waals surface area contributed by atoms with Crippen molar-refractivity contribution < 1.29 is 0 Å². The Hall–Kier alpha value is -0.410. The second-order valence-corrected chi connectivity index (χ2v) is 4.67. The number of thiazole rings is 1. The van der Waals surface area contributed by atoms with E-state index < -0.39 is 0 Å². The number of hydrogen-bond donors (Lipinski definition) is 1. The molecule has 0 aromatic carbocycles. The molecule has 1 fully saturated rings. The summed E-state index contributed by atoms with van der Waals surface area (Å²) >= 11 is 1.73. The number of hydrogen-bond acceptors (Lipinski definition) is 3. The quantitative estimate of drug-likeness (QED) is 0.707. The van der Waals surface area contributed by atoms with Crippen LogP contribution in [0.2, 0.25) is 0 Å². The average molecular weight is 196 g/mol. The number of nitrogens with one attached hydrogen (secondary N) is 1. The monoisotopic (exact) mass is 196 g/mol. The minimum absolute atomic E-state index is 0.947. The lowest BCUT2D eigenvalue weighted by Crippen LogP contribution is -2.14. The molecule has 1 N–H and O–H groups in total. The van der Waals surface area contributed by atoms with Crippen LogP contribution in [-0.4, -0.2) is 11.5 Å². The van der Waals surface area contributed by atoms with Gasteiger partial charge in [-0.15, -0.1) is 11.3 Å². The molecule has 2 nitrogen and oxygen atoms in total. The van der Waals surface area contributed by atoms with Crippen molar-refractivity contribution in [1.29, 1.82) is 0 Å². The molecule has 1 aromatic rings. The molecule has 2 rings (SSSR count). The Labute approximate surface area is 83.4 Å². The molecule has 72 valence electrons. The van der Waals surface area contributed by atoms with E-state index in [0.29, 0.717) is 0 Å². The Bertz CT molecular complexity index is 229. The fourth-order valence-electron chi connectivity index (χ4n) is 1.46. The Morgan fingerprint density at radius 3 is 3.15 bits per heavy atom. The summed E-state index contributed by atoms with van der Waals surface area (Å²) in [6.45, 7) is 2.10. The third-order valence-corrected chi connectivity index (χ3v) is 3.20. The molecule has 3 heteroatoms. The molecule has 1 aromatic heterocycles. The summed E-state index contributed by atoms with van der Waals surface area (Å²) in [6, 6.07) is 0. The molecule has 1 aliphatic rings. The van der Waals surface area contributed by atoms with Crippen LogP contribution in [0.25, 0.3) is 0 Å². The van der Waals surface area contributed by atoms with Crippen LogP contribution in [0.4, 0.5) is 0 Å². The van der Waals surface area contributed by atoms with Crippen molar-refractivity contribution in [2.75, 3.05) is 6.54 Å². The van der Waals surface area contributed by atoms with Crippen LogP contribution < -0.4 is 5.32 Å². The maximum absolute atomic E-state index is 4.22. The lowest BCUT2D eigenvalue weighted by Gasteiger charge is -2.00. The van der Waals surface area contributed by atoms with Crippen molar-refractivity contribution in [1.82, 2.24) is 10.3 Å². The average Bonchev–Trinajstić information content (AvgIpc) is 2.81. The minimum Gasteiger partial charge on any atom is -0.310 e. The van der Waals surface area contributed by atoms with Crippen molar-refractivity contribution >= 4 is 11.3 Å². The minimum atomic E-state index is 0.947. The SMILES string of the molecule is c1csc(CNCCCC2CC2)n1. The molecule has 13 heavy (non-hydrogen) atoms. The molecular weight excluding hydrogens is 180 g/mol. The first-order chi connectivity index (χ1) is 6.45. The normalized spacial score (nSPS) is 16.3. The third kappa shape index (κ3) is 3.44. The Balaban J connectivity index is 1.48. The lowest BCUT2D eigenvalue weighted by molar-refractivity contribution is 0.593. The molecule has 1 heterocycles. The molecular formula is C10H16N2S. The van der Waals surface area contributed by atoms with E-state index in [2.05, 4.69) is 10.3 Å². The molecule has 0 aliphatic heterocycles. The van der Waals surface area contributed by atoms with Crippen LogP contribution in [0.1, 0.15) is 30.7 Å². The smallest absolute Gasteiger partial charge is 0.106 e. The molecule has 0 atom stereocenters. The van der Waals surface area contributed by atoms with Gasteiger partial charge in [0.15, 0.2) is 0 Å². The molecule has 0 amide bonds. The van der Waals surface area contributed by atoms with E-state index in [1.807, 2.05) is 11.6 Å². The molecule has 0 bridgehead atoms. The van der Waals surface area contributed by atoms with Crippen molar-refractivity contribution in [3.63, 3.8) is 0 Å². The van der Waals surface area contributed by atoms with E-state index in [4.69, 9.17) is 0 Å². The third-order valence-electron chi connectivity index (χ3n) is 2.42. The molecule has 0 unspecified atom stereocenters. The van der Waals surface area contributed by atoms with Crippen LogP contribution in [0.15, 0.2) is 11.6 Å². The van der Waals surface area contributed by atoms with Crippen molar-refractivity contribution in [3.8, 4) is 0 Å². The Morgan fingerprint density at radius 1 is 1.54 bits per heavy atom. The fraction of sp³-hybridized carbons (Fsp3) is 0.700. The van der Waals surface area contributed by atoms with Gasteiger partial charge in [-0.05, 0) is 25.3 Å². The van der Waals surface area contributed by atoms with E-state index in [0.717, 1.165) is 19.0 Å². The van der Waals surface area contributed by atoms with Crippen LogP contribution in [0.3, 0.4) is 0 Å². The molecule has 1 aliphatic carbocycles. The number of rotatable bonds is 6. The summed E-state index contributed by atoms with van der Waals surface area (Å²) in [5.41, 5.74) is 0. The first-order valence-corrected chi connectivity index (χ1v) is 5.92. The van der Waals surface area contributed by atoms with Gasteiger partial charge >= 0.3 is 0 Å². The van der Waals surface area contributed by atoms with Gasteiger partial charge in [-0.1, -0.05) is 12.8 Å². The summed E-state index contributed by atoms with van der Waals surface area (Å²) in [7, 11) is 0. The Morgan fingerprint density at radius 2 is 2.46 bits per heavy atom. The van der Waals surface area contributed by atoms with Gasteiger partial charge in [0.2, 0.25) is 0 Å². The van der Waals surface area contributed by atoms with Gasteiger partial charge in [-0.3, -0.25) is 0 Å². The van der Waals surface area contributed by atoms with Crippen LogP contribution in [0.5, 0.6) is 0 Å². The standard InChI is InChI=1S/C10H16N2S/c1(2-9-3-4-9)5-11-8-10-12-6-7-13-10/h6-7,9,11H,1-5,8H2. The van der Waals surface area contributed by atoms with Gasteiger partial charge in [-0.25, -0.2) is 4.98 Å². The molecule has 0 saturated heterocycles. The van der Waals surface area contributed by atoms with Crippen molar-refractivity contribution in [3.05, 3.63) is 16.6 Å². The maximum Gasteiger partial charge on any atom is 0.106 e. The van der Waals surface area contributed by atoms with Gasteiger partial charge in [0.1, 0.15) is 5.01 Å². The van der Waals surface area contributed by atoms with Gasteiger partial charge < -0.3 is 5.32 Å². The topological polar surface area (TPSA) is 24.9 Å². The predicted molar refractivity (Wildman–Crippen MR) is 55.8 cm³/mol. The van der Waals surface area contributed by atoms with Gasteiger partial charge in [0.05, 0.1) is 0 Å². The van der Waals surface area contributed by atoms with Crippen molar-refractivity contribution in [2.24, 2.45) is 5.92 Å². The Kier molecular flexibility index (Phi) is 3.33. The number of nitrogens with zero attached hydrogens (tertiary/aromatic N) is 1. The highest BCUT2D eigenvalue weighted by Gasteiger charge is 2.19. The maximum atomic E-state index is 4.22. The zero-order valence-corrected chi connectivity index (χ0v) is 8.65. The van der Waals surface area contributed by atoms with Gasteiger partial charge in [-0.2, -0.15) is 0 Å². The predicted octanol–water partition coefficient (Wildman–Crippen LogP) is 2.42. The second-order valence-electron chi connectivity index (χ2n) is 3.69. The first-order valence-electron chi connectivity index (χ1n) is 5.04. The summed E-state index contributed by atoms with van der Waals surface area (Å²) in [4.78, 5) is 4.22. The van der Waals surface area contributed by atoms with Crippen LogP contribution in [-0.2, 0) is 6.54 Å². The second kappa shape index (κ2) is 4.72. The summed E-state index contributed by atoms with van der Waals surface area (Å²) in [5, 5.41) is 6.65. The highest BCUT2D eigenvalue weighted by atomic mass is 32.1. The van der Waals surface area contributed by atoms with E-state index in [1.54, 1.807) is 11.3 Å². The summed E-state index contributed by atoms with van der Waals surface area (Å²) in [5.74, 6) is 1.07. The van der Waals surface area contributed by atoms with E-state index >= 15 is 0 Å². The zero-order chi connectivity index (χ0) is 8.93. The lowest BCUT2D eigenvalue weighted by atomic mass is 10.2. The molecule has 0 radical (unpaired) electrons. The molecule has 0 spiro atoms. The van der Waals surface area contributed by atoms with Crippen LogP contribution in [0, 0.1) is 5.92 Å². The van der Waals surface area contributed by atoms with E-state index in [1.165, 1.54) is 30.7 Å². The summed E-state index contributed by atoms with van der Waals surface area (Å²) in [6.07, 6.45) is 7.58. The first kappa shape index (κ1) is 9.16.